The number of Topliss-reactive ketones (excluding diaryl/α,β-unsaturated/α-hetero) is 1. The van der Waals surface area contributed by atoms with Gasteiger partial charge in [-0.15, -0.1) is 0 Å². The predicted octanol–water partition coefficient (Wildman–Crippen LogP) is -0.310. The van der Waals surface area contributed by atoms with Crippen LogP contribution < -0.4 is 16.0 Å². The number of anilines is 1. The molecule has 0 amide bonds. The molecule has 1 aromatic heterocycles. The van der Waals surface area contributed by atoms with Crippen molar-refractivity contribution in [2.24, 2.45) is 5.73 Å². The molecule has 1 fully saturated rings. The smallest absolute Gasteiger partial charge is 0.225 e. The minimum absolute atomic E-state index is 0.0727. The highest BCUT2D eigenvalue weighted by molar-refractivity contribution is 5.99. The molecule has 3 rings (SSSR count). The summed E-state index contributed by atoms with van der Waals surface area (Å²) in [5.41, 5.74) is 7.35. The SMILES string of the molecule is NC1CCN(c2ncc3c(n2)CNCC3=O)CC1. The fourth-order valence-electron chi connectivity index (χ4n) is 2.42. The quantitative estimate of drug-likeness (QED) is 0.708. The number of rotatable bonds is 1. The summed E-state index contributed by atoms with van der Waals surface area (Å²) in [6, 6.07) is 0.294. The molecule has 1 saturated heterocycles. The van der Waals surface area contributed by atoms with E-state index in [4.69, 9.17) is 5.73 Å². The number of aromatic nitrogens is 2. The number of ketones is 1. The Morgan fingerprint density at radius 2 is 2.11 bits per heavy atom. The van der Waals surface area contributed by atoms with Gasteiger partial charge in [-0.3, -0.25) is 4.79 Å². The lowest BCUT2D eigenvalue weighted by Gasteiger charge is -2.30. The minimum Gasteiger partial charge on any atom is -0.341 e. The van der Waals surface area contributed by atoms with Crippen molar-refractivity contribution >= 4 is 11.7 Å². The second-order valence-corrected chi connectivity index (χ2v) is 4.88. The summed E-state index contributed by atoms with van der Waals surface area (Å²) in [6.07, 6.45) is 3.60. The van der Waals surface area contributed by atoms with Crippen LogP contribution in [-0.4, -0.2) is 41.4 Å². The maximum Gasteiger partial charge on any atom is 0.225 e. The number of carbonyl (C=O) groups excluding carboxylic acids is 1. The molecule has 0 spiro atoms. The predicted molar refractivity (Wildman–Crippen MR) is 67.5 cm³/mol. The summed E-state index contributed by atoms with van der Waals surface area (Å²) in [6.45, 7) is 2.81. The van der Waals surface area contributed by atoms with Gasteiger partial charge in [0.05, 0.1) is 17.8 Å². The van der Waals surface area contributed by atoms with Gasteiger partial charge in [0, 0.05) is 31.9 Å². The second-order valence-electron chi connectivity index (χ2n) is 4.88. The van der Waals surface area contributed by atoms with Gasteiger partial charge in [0.1, 0.15) is 0 Å². The average molecular weight is 247 g/mol. The zero-order valence-corrected chi connectivity index (χ0v) is 10.2. The van der Waals surface area contributed by atoms with E-state index in [9.17, 15) is 4.79 Å². The van der Waals surface area contributed by atoms with Crippen LogP contribution >= 0.6 is 0 Å². The van der Waals surface area contributed by atoms with E-state index in [0.29, 0.717) is 24.7 Å². The first-order valence-electron chi connectivity index (χ1n) is 6.34. The van der Waals surface area contributed by atoms with Crippen LogP contribution in [0.15, 0.2) is 6.20 Å². The van der Waals surface area contributed by atoms with Crippen molar-refractivity contribution in [3.63, 3.8) is 0 Å². The highest BCUT2D eigenvalue weighted by Gasteiger charge is 2.22. The van der Waals surface area contributed by atoms with Crippen LogP contribution in [0, 0.1) is 0 Å². The summed E-state index contributed by atoms with van der Waals surface area (Å²) in [5.74, 6) is 0.792. The number of fused-ring (bicyclic) bond motifs is 1. The number of nitrogens with two attached hydrogens (primary N) is 1. The van der Waals surface area contributed by atoms with Gasteiger partial charge in [-0.25, -0.2) is 9.97 Å². The monoisotopic (exact) mass is 247 g/mol. The first-order valence-corrected chi connectivity index (χ1v) is 6.34. The van der Waals surface area contributed by atoms with E-state index in [1.807, 2.05) is 0 Å². The standard InChI is InChI=1S/C12H17N5O/c13-8-1-3-17(4-2-8)12-15-5-9-10(16-12)6-14-7-11(9)18/h5,8,14H,1-4,6-7,13H2. The first-order chi connectivity index (χ1) is 8.74. The normalized spacial score (nSPS) is 20.9. The Hall–Kier alpha value is -1.53. The van der Waals surface area contributed by atoms with E-state index < -0.39 is 0 Å². The minimum atomic E-state index is 0.0727. The maximum absolute atomic E-state index is 11.6. The molecule has 0 saturated carbocycles. The lowest BCUT2D eigenvalue weighted by Crippen LogP contribution is -2.41. The molecule has 6 heteroatoms. The van der Waals surface area contributed by atoms with E-state index >= 15 is 0 Å². The Kier molecular flexibility index (Phi) is 2.97. The number of nitrogens with one attached hydrogen (secondary N) is 1. The van der Waals surface area contributed by atoms with Crippen molar-refractivity contribution in [1.29, 1.82) is 0 Å². The number of piperidine rings is 1. The van der Waals surface area contributed by atoms with Crippen LogP contribution in [0.1, 0.15) is 28.9 Å². The van der Waals surface area contributed by atoms with Crippen LogP contribution in [-0.2, 0) is 6.54 Å². The lowest BCUT2D eigenvalue weighted by molar-refractivity contribution is 0.0981. The Balaban J connectivity index is 1.84. The van der Waals surface area contributed by atoms with E-state index in [1.165, 1.54) is 0 Å². The van der Waals surface area contributed by atoms with Crippen molar-refractivity contribution in [3.8, 4) is 0 Å². The van der Waals surface area contributed by atoms with Gasteiger partial charge in [0.25, 0.3) is 0 Å². The van der Waals surface area contributed by atoms with Crippen LogP contribution in [0.2, 0.25) is 0 Å². The molecular weight excluding hydrogens is 230 g/mol. The molecular formula is C12H17N5O. The molecule has 1 aromatic rings. The molecule has 2 aliphatic rings. The molecule has 0 aliphatic carbocycles. The third-order valence-corrected chi connectivity index (χ3v) is 3.56. The Morgan fingerprint density at radius 3 is 2.89 bits per heavy atom. The average Bonchev–Trinajstić information content (AvgIpc) is 2.39. The summed E-state index contributed by atoms with van der Waals surface area (Å²) in [4.78, 5) is 22.6. The Morgan fingerprint density at radius 1 is 1.33 bits per heavy atom. The largest absolute Gasteiger partial charge is 0.341 e. The van der Waals surface area contributed by atoms with Gasteiger partial charge >= 0.3 is 0 Å². The first kappa shape index (κ1) is 11.6. The number of hydrogen-bond acceptors (Lipinski definition) is 6. The zero-order valence-electron chi connectivity index (χ0n) is 10.2. The van der Waals surface area contributed by atoms with Crippen LogP contribution in [0.4, 0.5) is 5.95 Å². The second kappa shape index (κ2) is 4.62. The molecule has 2 aliphatic heterocycles. The van der Waals surface area contributed by atoms with Gasteiger partial charge < -0.3 is 16.0 Å². The third kappa shape index (κ3) is 2.09. The van der Waals surface area contributed by atoms with Crippen LogP contribution in [0.5, 0.6) is 0 Å². The Labute approximate surface area is 106 Å². The van der Waals surface area contributed by atoms with E-state index in [2.05, 4.69) is 20.2 Å². The van der Waals surface area contributed by atoms with Crippen LogP contribution in [0.25, 0.3) is 0 Å². The fourth-order valence-corrected chi connectivity index (χ4v) is 2.42. The molecule has 0 radical (unpaired) electrons. The number of hydrogen-bond donors (Lipinski definition) is 2. The summed E-state index contributed by atoms with van der Waals surface area (Å²) in [5, 5.41) is 3.05. The third-order valence-electron chi connectivity index (χ3n) is 3.56. The van der Waals surface area contributed by atoms with Crippen molar-refractivity contribution in [3.05, 3.63) is 17.5 Å². The van der Waals surface area contributed by atoms with Crippen LogP contribution in [0.3, 0.4) is 0 Å². The number of carbonyl (C=O) groups is 1. The molecule has 0 bridgehead atoms. The van der Waals surface area contributed by atoms with E-state index in [-0.39, 0.29) is 5.78 Å². The summed E-state index contributed by atoms with van der Waals surface area (Å²) < 4.78 is 0. The van der Waals surface area contributed by atoms with Gasteiger partial charge in [-0.1, -0.05) is 0 Å². The van der Waals surface area contributed by atoms with Gasteiger partial charge in [-0.2, -0.15) is 0 Å². The van der Waals surface area contributed by atoms with E-state index in [0.717, 1.165) is 37.6 Å². The maximum atomic E-state index is 11.6. The molecule has 0 atom stereocenters. The highest BCUT2D eigenvalue weighted by atomic mass is 16.1. The van der Waals surface area contributed by atoms with Gasteiger partial charge in [0.2, 0.25) is 5.95 Å². The van der Waals surface area contributed by atoms with Gasteiger partial charge in [-0.05, 0) is 12.8 Å². The van der Waals surface area contributed by atoms with Crippen molar-refractivity contribution in [2.75, 3.05) is 24.5 Å². The van der Waals surface area contributed by atoms with E-state index in [1.54, 1.807) is 6.20 Å². The highest BCUT2D eigenvalue weighted by Crippen LogP contribution is 2.18. The lowest BCUT2D eigenvalue weighted by atomic mass is 10.1. The summed E-state index contributed by atoms with van der Waals surface area (Å²) >= 11 is 0. The molecule has 0 unspecified atom stereocenters. The molecule has 3 heterocycles. The molecule has 3 N–H and O–H groups in total. The molecule has 6 nitrogen and oxygen atoms in total. The Bertz CT molecular complexity index is 468. The molecule has 96 valence electrons. The topological polar surface area (TPSA) is 84.1 Å². The number of nitrogens with zero attached hydrogens (tertiary/aromatic N) is 3. The van der Waals surface area contributed by atoms with Gasteiger partial charge in [0.15, 0.2) is 5.78 Å². The van der Waals surface area contributed by atoms with Crippen molar-refractivity contribution in [2.45, 2.75) is 25.4 Å². The zero-order chi connectivity index (χ0) is 12.5. The molecule has 18 heavy (non-hydrogen) atoms. The van der Waals surface area contributed by atoms with Crippen molar-refractivity contribution in [1.82, 2.24) is 15.3 Å². The molecule has 0 aromatic carbocycles. The summed E-state index contributed by atoms with van der Waals surface area (Å²) in [7, 11) is 0. The van der Waals surface area contributed by atoms with Crippen molar-refractivity contribution < 1.29 is 4.79 Å². The fraction of sp³-hybridized carbons (Fsp3) is 0.583.